The quantitative estimate of drug-likeness (QED) is 0.921. The molecule has 0 radical (unpaired) electrons. The van der Waals surface area contributed by atoms with Crippen LogP contribution in [0.5, 0.6) is 5.75 Å². The van der Waals surface area contributed by atoms with E-state index in [4.69, 9.17) is 10.5 Å². The summed E-state index contributed by atoms with van der Waals surface area (Å²) < 4.78 is 5.90. The summed E-state index contributed by atoms with van der Waals surface area (Å²) in [7, 11) is 0. The van der Waals surface area contributed by atoms with Crippen molar-refractivity contribution in [1.82, 2.24) is 4.90 Å². The van der Waals surface area contributed by atoms with E-state index < -0.39 is 0 Å². The van der Waals surface area contributed by atoms with Gasteiger partial charge in [-0.25, -0.2) is 0 Å². The van der Waals surface area contributed by atoms with Gasteiger partial charge in [-0.3, -0.25) is 4.90 Å². The average Bonchev–Trinajstić information content (AvgIpc) is 2.84. The van der Waals surface area contributed by atoms with Gasteiger partial charge in [0.15, 0.2) is 0 Å². The largest absolute Gasteiger partial charge is 0.489 e. The lowest BCUT2D eigenvalue weighted by Crippen LogP contribution is -2.28. The molecule has 1 saturated heterocycles. The topological polar surface area (TPSA) is 38.5 Å². The van der Waals surface area contributed by atoms with Crippen molar-refractivity contribution >= 4 is 0 Å². The van der Waals surface area contributed by atoms with Gasteiger partial charge in [-0.15, -0.1) is 0 Å². The molecule has 2 N–H and O–H groups in total. The smallest absolute Gasteiger partial charge is 0.120 e. The first kappa shape index (κ1) is 15.1. The molecule has 3 nitrogen and oxygen atoms in total. The molecule has 3 rings (SSSR count). The third-order valence-electron chi connectivity index (χ3n) is 4.30. The van der Waals surface area contributed by atoms with Gasteiger partial charge in [0, 0.05) is 25.7 Å². The van der Waals surface area contributed by atoms with Crippen LogP contribution in [0.4, 0.5) is 0 Å². The molecule has 0 bridgehead atoms. The van der Waals surface area contributed by atoms with Crippen molar-refractivity contribution in [3.63, 3.8) is 0 Å². The number of ether oxygens (including phenoxy) is 1. The van der Waals surface area contributed by atoms with Crippen molar-refractivity contribution in [3.8, 4) is 5.75 Å². The number of nitrogens with zero attached hydrogens (tertiary/aromatic N) is 1. The average molecular weight is 296 g/mol. The molecule has 2 aromatic carbocycles. The first-order chi connectivity index (χ1) is 10.7. The van der Waals surface area contributed by atoms with Crippen LogP contribution in [-0.2, 0) is 13.2 Å². The Labute approximate surface area is 132 Å². The van der Waals surface area contributed by atoms with Crippen LogP contribution in [0.25, 0.3) is 0 Å². The molecule has 2 unspecified atom stereocenters. The van der Waals surface area contributed by atoms with Gasteiger partial charge in [0.1, 0.15) is 12.4 Å². The summed E-state index contributed by atoms with van der Waals surface area (Å²) >= 11 is 0. The summed E-state index contributed by atoms with van der Waals surface area (Å²) in [5, 5.41) is 0. The fourth-order valence-corrected chi connectivity index (χ4v) is 2.96. The zero-order valence-corrected chi connectivity index (χ0v) is 13.1. The van der Waals surface area contributed by atoms with Gasteiger partial charge >= 0.3 is 0 Å². The second kappa shape index (κ2) is 6.95. The Morgan fingerprint density at radius 3 is 2.55 bits per heavy atom. The molecular weight excluding hydrogens is 272 g/mol. The molecule has 1 heterocycles. The lowest BCUT2D eigenvalue weighted by molar-refractivity contribution is 0.301. The minimum Gasteiger partial charge on any atom is -0.489 e. The second-order valence-electron chi connectivity index (χ2n) is 6.26. The van der Waals surface area contributed by atoms with E-state index >= 15 is 0 Å². The Kier molecular flexibility index (Phi) is 4.76. The van der Waals surface area contributed by atoms with E-state index in [1.165, 1.54) is 11.1 Å². The normalized spacial score (nSPS) is 21.9. The van der Waals surface area contributed by atoms with Gasteiger partial charge in [0.05, 0.1) is 0 Å². The number of benzene rings is 2. The zero-order chi connectivity index (χ0) is 15.4. The van der Waals surface area contributed by atoms with Gasteiger partial charge in [-0.2, -0.15) is 0 Å². The minimum atomic E-state index is 0.303. The van der Waals surface area contributed by atoms with Crippen molar-refractivity contribution in [2.45, 2.75) is 26.1 Å². The van der Waals surface area contributed by atoms with Crippen LogP contribution in [0.1, 0.15) is 18.1 Å². The number of hydrogen-bond acceptors (Lipinski definition) is 3. The van der Waals surface area contributed by atoms with Gasteiger partial charge in [-0.05, 0) is 29.2 Å². The number of hydrogen-bond donors (Lipinski definition) is 1. The summed E-state index contributed by atoms with van der Waals surface area (Å²) in [6.45, 7) is 5.84. The monoisotopic (exact) mass is 296 g/mol. The highest BCUT2D eigenvalue weighted by molar-refractivity contribution is 5.29. The van der Waals surface area contributed by atoms with Crippen LogP contribution in [-0.4, -0.2) is 24.0 Å². The Hall–Kier alpha value is -1.84. The van der Waals surface area contributed by atoms with E-state index in [2.05, 4.69) is 42.2 Å². The summed E-state index contributed by atoms with van der Waals surface area (Å²) in [5.41, 5.74) is 8.57. The predicted octanol–water partition coefficient (Wildman–Crippen LogP) is 3.04. The maximum atomic E-state index is 6.10. The highest BCUT2D eigenvalue weighted by atomic mass is 16.5. The molecule has 1 aliphatic rings. The number of nitrogens with two attached hydrogens (primary N) is 1. The minimum absolute atomic E-state index is 0.303. The number of likely N-dealkylation sites (tertiary alicyclic amines) is 1. The fraction of sp³-hybridized carbons (Fsp3) is 0.368. The molecular formula is C19H24N2O. The lowest BCUT2D eigenvalue weighted by Gasteiger charge is -2.16. The van der Waals surface area contributed by atoms with Crippen molar-refractivity contribution in [2.75, 3.05) is 13.1 Å². The van der Waals surface area contributed by atoms with Crippen LogP contribution >= 0.6 is 0 Å². The molecule has 2 atom stereocenters. The molecule has 0 saturated carbocycles. The van der Waals surface area contributed by atoms with Crippen LogP contribution in [0.3, 0.4) is 0 Å². The highest BCUT2D eigenvalue weighted by Crippen LogP contribution is 2.20. The SMILES string of the molecule is CC1CN(Cc2cccc(OCc3ccccc3)c2)CC1N. The standard InChI is InChI=1S/C19H24N2O/c1-15-11-21(13-19(15)20)12-17-8-5-9-18(10-17)22-14-16-6-3-2-4-7-16/h2-10,15,19H,11-14,20H2,1H3. The van der Waals surface area contributed by atoms with Crippen LogP contribution < -0.4 is 10.5 Å². The maximum absolute atomic E-state index is 6.10. The van der Waals surface area contributed by atoms with Gasteiger partial charge < -0.3 is 10.5 Å². The summed E-state index contributed by atoms with van der Waals surface area (Å²) in [4.78, 5) is 2.42. The van der Waals surface area contributed by atoms with Crippen molar-refractivity contribution < 1.29 is 4.74 Å². The maximum Gasteiger partial charge on any atom is 0.120 e. The van der Waals surface area contributed by atoms with Gasteiger partial charge in [0.2, 0.25) is 0 Å². The molecule has 0 amide bonds. The van der Waals surface area contributed by atoms with E-state index in [1.807, 2.05) is 24.3 Å². The Morgan fingerprint density at radius 1 is 1.05 bits per heavy atom. The van der Waals surface area contributed by atoms with Crippen LogP contribution in [0, 0.1) is 5.92 Å². The predicted molar refractivity (Wildman–Crippen MR) is 89.6 cm³/mol. The molecule has 0 aliphatic carbocycles. The molecule has 0 spiro atoms. The second-order valence-corrected chi connectivity index (χ2v) is 6.26. The molecule has 1 fully saturated rings. The third-order valence-corrected chi connectivity index (χ3v) is 4.30. The summed E-state index contributed by atoms with van der Waals surface area (Å²) in [5.74, 6) is 1.51. The fourth-order valence-electron chi connectivity index (χ4n) is 2.96. The molecule has 116 valence electrons. The van der Waals surface area contributed by atoms with Crippen molar-refractivity contribution in [1.29, 1.82) is 0 Å². The molecule has 2 aromatic rings. The van der Waals surface area contributed by atoms with Crippen LogP contribution in [0.2, 0.25) is 0 Å². The van der Waals surface area contributed by atoms with E-state index in [1.54, 1.807) is 0 Å². The van der Waals surface area contributed by atoms with Gasteiger partial charge in [-0.1, -0.05) is 49.4 Å². The van der Waals surface area contributed by atoms with Gasteiger partial charge in [0.25, 0.3) is 0 Å². The number of rotatable bonds is 5. The molecule has 3 heteroatoms. The first-order valence-electron chi connectivity index (χ1n) is 7.94. The third kappa shape index (κ3) is 3.87. The Balaban J connectivity index is 1.58. The van der Waals surface area contributed by atoms with Crippen molar-refractivity contribution in [2.24, 2.45) is 11.7 Å². The molecule has 0 aromatic heterocycles. The van der Waals surface area contributed by atoms with E-state index in [9.17, 15) is 0 Å². The molecule has 22 heavy (non-hydrogen) atoms. The lowest BCUT2D eigenvalue weighted by atomic mass is 10.1. The van der Waals surface area contributed by atoms with E-state index in [0.717, 1.165) is 25.4 Å². The van der Waals surface area contributed by atoms with E-state index in [-0.39, 0.29) is 0 Å². The Bertz CT molecular complexity index is 589. The first-order valence-corrected chi connectivity index (χ1v) is 7.94. The summed E-state index contributed by atoms with van der Waals surface area (Å²) in [6.07, 6.45) is 0. The summed E-state index contributed by atoms with van der Waals surface area (Å²) in [6, 6.07) is 18.9. The highest BCUT2D eigenvalue weighted by Gasteiger charge is 2.26. The van der Waals surface area contributed by atoms with Crippen molar-refractivity contribution in [3.05, 3.63) is 65.7 Å². The Morgan fingerprint density at radius 2 is 1.82 bits per heavy atom. The van der Waals surface area contributed by atoms with Crippen LogP contribution in [0.15, 0.2) is 54.6 Å². The zero-order valence-electron chi connectivity index (χ0n) is 13.1. The van der Waals surface area contributed by atoms with E-state index in [0.29, 0.717) is 18.6 Å². The molecule has 1 aliphatic heterocycles.